The maximum atomic E-state index is 6.03. The molecule has 1 aromatic carbocycles. The Hall–Kier alpha value is -0.890. The molecule has 2 atom stereocenters. The van der Waals surface area contributed by atoms with Gasteiger partial charge in [0.05, 0.1) is 12.1 Å². The topological polar surface area (TPSA) is 21.3 Å². The summed E-state index contributed by atoms with van der Waals surface area (Å²) in [6, 6.07) is 6.45. The van der Waals surface area contributed by atoms with Crippen molar-refractivity contribution < 1.29 is 4.74 Å². The first-order chi connectivity index (χ1) is 8.58. The number of hydrogen-bond acceptors (Lipinski definition) is 2. The average molecular weight is 268 g/mol. The molecule has 1 saturated carbocycles. The Morgan fingerprint density at radius 2 is 1.83 bits per heavy atom. The molecule has 0 amide bonds. The van der Waals surface area contributed by atoms with E-state index in [2.05, 4.69) is 19.2 Å². The summed E-state index contributed by atoms with van der Waals surface area (Å²) in [5, 5.41) is 4.27. The van der Waals surface area contributed by atoms with Crippen molar-refractivity contribution in [1.82, 2.24) is 0 Å². The minimum atomic E-state index is 0.564. The lowest BCUT2D eigenvalue weighted by molar-refractivity contribution is 0.281. The van der Waals surface area contributed by atoms with Crippen LogP contribution in [0.4, 0.5) is 5.69 Å². The van der Waals surface area contributed by atoms with Crippen molar-refractivity contribution in [3.63, 3.8) is 0 Å². The molecule has 0 aromatic heterocycles. The van der Waals surface area contributed by atoms with Crippen molar-refractivity contribution in [2.45, 2.75) is 39.2 Å². The monoisotopic (exact) mass is 267 g/mol. The minimum absolute atomic E-state index is 0.564. The van der Waals surface area contributed by atoms with E-state index in [0.717, 1.165) is 23.3 Å². The Balaban J connectivity index is 2.04. The summed E-state index contributed by atoms with van der Waals surface area (Å²) in [6.45, 7) is 4.68. The molecule has 0 spiro atoms. The first kappa shape index (κ1) is 13.5. The predicted octanol–water partition coefficient (Wildman–Crippen LogP) is 4.59. The molecule has 2 unspecified atom stereocenters. The molecule has 0 aliphatic heterocycles. The summed E-state index contributed by atoms with van der Waals surface area (Å²) >= 11 is 6.03. The minimum Gasteiger partial charge on any atom is -0.495 e. The van der Waals surface area contributed by atoms with E-state index < -0.39 is 0 Å². The third-order valence-electron chi connectivity index (χ3n) is 3.70. The third-order valence-corrected chi connectivity index (χ3v) is 4.01. The van der Waals surface area contributed by atoms with E-state index in [1.54, 1.807) is 7.11 Å². The second-order valence-corrected chi connectivity index (χ2v) is 6.02. The van der Waals surface area contributed by atoms with Crippen LogP contribution in [0.2, 0.25) is 5.02 Å². The van der Waals surface area contributed by atoms with Gasteiger partial charge in [-0.05, 0) is 43.2 Å². The summed E-state index contributed by atoms with van der Waals surface area (Å²) in [5.41, 5.74) is 1.10. The first-order valence-electron chi connectivity index (χ1n) is 6.68. The molecule has 100 valence electrons. The molecule has 0 heterocycles. The van der Waals surface area contributed by atoms with Gasteiger partial charge in [0, 0.05) is 17.8 Å². The maximum Gasteiger partial charge on any atom is 0.139 e. The molecule has 1 aliphatic rings. The Morgan fingerprint density at radius 1 is 1.17 bits per heavy atom. The molecule has 0 bridgehead atoms. The van der Waals surface area contributed by atoms with Crippen LogP contribution in [0.3, 0.4) is 0 Å². The fraction of sp³-hybridized carbons (Fsp3) is 0.600. The van der Waals surface area contributed by atoms with E-state index in [9.17, 15) is 0 Å². The molecule has 0 saturated heterocycles. The molecule has 2 rings (SSSR count). The van der Waals surface area contributed by atoms with Crippen LogP contribution >= 0.6 is 11.6 Å². The molecule has 1 fully saturated rings. The highest BCUT2D eigenvalue weighted by Crippen LogP contribution is 2.32. The van der Waals surface area contributed by atoms with Crippen molar-refractivity contribution >= 4 is 17.3 Å². The number of hydrogen-bond donors (Lipinski definition) is 1. The number of anilines is 1. The number of rotatable bonds is 3. The Bertz CT molecular complexity index is 397. The van der Waals surface area contributed by atoms with Crippen LogP contribution in [0, 0.1) is 11.8 Å². The molecular formula is C15H22ClNO. The Morgan fingerprint density at radius 3 is 2.44 bits per heavy atom. The molecular weight excluding hydrogens is 246 g/mol. The first-order valence-corrected chi connectivity index (χ1v) is 7.06. The summed E-state index contributed by atoms with van der Waals surface area (Å²) in [6.07, 6.45) is 3.84. The molecule has 1 N–H and O–H groups in total. The van der Waals surface area contributed by atoms with Gasteiger partial charge in [0.1, 0.15) is 5.75 Å². The van der Waals surface area contributed by atoms with Crippen LogP contribution < -0.4 is 10.1 Å². The lowest BCUT2D eigenvalue weighted by Gasteiger charge is -2.32. The van der Waals surface area contributed by atoms with Gasteiger partial charge in [0.2, 0.25) is 0 Å². The SMILES string of the molecule is COc1cc(NC2CC(C)CC(C)C2)ccc1Cl. The Kier molecular flexibility index (Phi) is 4.39. The zero-order valence-electron chi connectivity index (χ0n) is 11.4. The third kappa shape index (κ3) is 3.32. The van der Waals surface area contributed by atoms with Crippen molar-refractivity contribution in [2.75, 3.05) is 12.4 Å². The van der Waals surface area contributed by atoms with E-state index in [0.29, 0.717) is 11.1 Å². The van der Waals surface area contributed by atoms with Gasteiger partial charge in [-0.3, -0.25) is 0 Å². The standard InChI is InChI=1S/C15H22ClNO/c1-10-6-11(2)8-13(7-10)17-12-4-5-14(16)15(9-12)18-3/h4-5,9-11,13,17H,6-8H2,1-3H3. The zero-order valence-corrected chi connectivity index (χ0v) is 12.1. The average Bonchev–Trinajstić information content (AvgIpc) is 2.30. The van der Waals surface area contributed by atoms with E-state index >= 15 is 0 Å². The van der Waals surface area contributed by atoms with Crippen LogP contribution in [-0.2, 0) is 0 Å². The smallest absolute Gasteiger partial charge is 0.139 e. The van der Waals surface area contributed by atoms with Crippen LogP contribution in [-0.4, -0.2) is 13.2 Å². The molecule has 1 aliphatic carbocycles. The number of ether oxygens (including phenoxy) is 1. The van der Waals surface area contributed by atoms with E-state index in [1.165, 1.54) is 19.3 Å². The van der Waals surface area contributed by atoms with Gasteiger partial charge < -0.3 is 10.1 Å². The van der Waals surface area contributed by atoms with Gasteiger partial charge in [-0.2, -0.15) is 0 Å². The highest BCUT2D eigenvalue weighted by molar-refractivity contribution is 6.32. The number of nitrogens with one attached hydrogen (secondary N) is 1. The van der Waals surface area contributed by atoms with Gasteiger partial charge in [0.25, 0.3) is 0 Å². The molecule has 2 nitrogen and oxygen atoms in total. The van der Waals surface area contributed by atoms with Gasteiger partial charge in [0.15, 0.2) is 0 Å². The van der Waals surface area contributed by atoms with Gasteiger partial charge in [-0.1, -0.05) is 25.4 Å². The molecule has 0 radical (unpaired) electrons. The quantitative estimate of drug-likeness (QED) is 0.865. The van der Waals surface area contributed by atoms with E-state index in [-0.39, 0.29) is 0 Å². The summed E-state index contributed by atoms with van der Waals surface area (Å²) in [7, 11) is 1.65. The van der Waals surface area contributed by atoms with Crippen molar-refractivity contribution in [3.05, 3.63) is 23.2 Å². The molecule has 18 heavy (non-hydrogen) atoms. The number of methoxy groups -OCH3 is 1. The highest BCUT2D eigenvalue weighted by atomic mass is 35.5. The van der Waals surface area contributed by atoms with Crippen molar-refractivity contribution in [1.29, 1.82) is 0 Å². The van der Waals surface area contributed by atoms with E-state index in [1.807, 2.05) is 18.2 Å². The van der Waals surface area contributed by atoms with E-state index in [4.69, 9.17) is 16.3 Å². The largest absolute Gasteiger partial charge is 0.495 e. The lowest BCUT2D eigenvalue weighted by atomic mass is 9.80. The van der Waals surface area contributed by atoms with Crippen molar-refractivity contribution in [2.24, 2.45) is 11.8 Å². The molecule has 1 aromatic rings. The lowest BCUT2D eigenvalue weighted by Crippen LogP contribution is -2.30. The molecule has 3 heteroatoms. The normalized spacial score (nSPS) is 27.9. The summed E-state index contributed by atoms with van der Waals surface area (Å²) in [4.78, 5) is 0. The highest BCUT2D eigenvalue weighted by Gasteiger charge is 2.23. The van der Waals surface area contributed by atoms with Gasteiger partial charge >= 0.3 is 0 Å². The zero-order chi connectivity index (χ0) is 13.1. The van der Waals surface area contributed by atoms with Crippen molar-refractivity contribution in [3.8, 4) is 5.75 Å². The summed E-state index contributed by atoms with van der Waals surface area (Å²) < 4.78 is 5.25. The van der Waals surface area contributed by atoms with Gasteiger partial charge in [-0.25, -0.2) is 0 Å². The second kappa shape index (κ2) is 5.83. The van der Waals surface area contributed by atoms with Crippen LogP contribution in [0.15, 0.2) is 18.2 Å². The van der Waals surface area contributed by atoms with Crippen LogP contribution in [0.1, 0.15) is 33.1 Å². The Labute approximate surface area is 115 Å². The fourth-order valence-corrected chi connectivity index (χ4v) is 3.24. The maximum absolute atomic E-state index is 6.03. The predicted molar refractivity (Wildman–Crippen MR) is 77.6 cm³/mol. The van der Waals surface area contributed by atoms with Gasteiger partial charge in [-0.15, -0.1) is 0 Å². The second-order valence-electron chi connectivity index (χ2n) is 5.61. The summed E-state index contributed by atoms with van der Waals surface area (Å²) in [5.74, 6) is 2.35. The fourth-order valence-electron chi connectivity index (χ4n) is 3.05. The number of halogens is 1. The van der Waals surface area contributed by atoms with Crippen LogP contribution in [0.5, 0.6) is 5.75 Å². The van der Waals surface area contributed by atoms with Crippen LogP contribution in [0.25, 0.3) is 0 Å². The number of benzene rings is 1.